The van der Waals surface area contributed by atoms with Crippen LogP contribution >= 0.6 is 0 Å². The molecule has 8 heteroatoms. The van der Waals surface area contributed by atoms with Crippen LogP contribution in [0.15, 0.2) is 65.6 Å². The van der Waals surface area contributed by atoms with Crippen molar-refractivity contribution in [2.45, 2.75) is 70.5 Å². The van der Waals surface area contributed by atoms with E-state index in [-0.39, 0.29) is 30.8 Å². The highest BCUT2D eigenvalue weighted by Crippen LogP contribution is 2.42. The van der Waals surface area contributed by atoms with Crippen LogP contribution in [0.3, 0.4) is 0 Å². The fourth-order valence-electron chi connectivity index (χ4n) is 4.74. The summed E-state index contributed by atoms with van der Waals surface area (Å²) in [5.41, 5.74) is 2.67. The van der Waals surface area contributed by atoms with Gasteiger partial charge >= 0.3 is 0 Å². The molecular formula is C29H35N3O4S. The van der Waals surface area contributed by atoms with Crippen LogP contribution in [0.5, 0.6) is 0 Å². The number of anilines is 1. The lowest BCUT2D eigenvalue weighted by molar-refractivity contribution is -0.140. The largest absolute Gasteiger partial charge is 0.352 e. The first-order chi connectivity index (χ1) is 17.6. The summed E-state index contributed by atoms with van der Waals surface area (Å²) in [5, 5.41) is 4.58. The number of nitrogens with one attached hydrogen (secondary N) is 1. The van der Waals surface area contributed by atoms with Crippen LogP contribution in [0.25, 0.3) is 10.8 Å². The van der Waals surface area contributed by atoms with Gasteiger partial charge in [0.25, 0.3) is 10.0 Å². The highest BCUT2D eigenvalue weighted by molar-refractivity contribution is 7.93. The maximum Gasteiger partial charge on any atom is 0.265 e. The first-order valence-electron chi connectivity index (χ1n) is 12.8. The van der Waals surface area contributed by atoms with E-state index >= 15 is 0 Å². The second-order valence-electron chi connectivity index (χ2n) is 9.75. The van der Waals surface area contributed by atoms with Gasteiger partial charge in [0, 0.05) is 30.9 Å². The van der Waals surface area contributed by atoms with Crippen molar-refractivity contribution in [2.75, 3.05) is 10.8 Å². The Morgan fingerprint density at radius 3 is 2.41 bits per heavy atom. The molecule has 0 aromatic heterocycles. The van der Waals surface area contributed by atoms with Gasteiger partial charge in [-0.1, -0.05) is 55.5 Å². The summed E-state index contributed by atoms with van der Waals surface area (Å²) in [7, 11) is -3.67. The molecule has 0 radical (unpaired) electrons. The normalized spacial score (nSPS) is 15.4. The van der Waals surface area contributed by atoms with Gasteiger partial charge in [0.1, 0.15) is 6.04 Å². The van der Waals surface area contributed by atoms with Gasteiger partial charge in [-0.3, -0.25) is 13.9 Å². The molecule has 0 spiro atoms. The van der Waals surface area contributed by atoms with Crippen LogP contribution < -0.4 is 9.62 Å². The quantitative estimate of drug-likeness (QED) is 0.416. The molecule has 0 saturated carbocycles. The molecule has 1 aliphatic heterocycles. The Balaban J connectivity index is 1.50. The standard InChI is InChI=1S/C29H35N3O4S/c1-5-21(3)30-29(34)22(4)31(19-24-12-7-6-11-20(24)2)27(33)17-10-18-32-25-15-8-13-23-14-9-16-26(28(23)25)37(32,35)36/h6-9,11-16,21-22H,5,10,17-19H2,1-4H3,(H,30,34)/t21-,22-/m0/s1. The molecule has 3 aromatic rings. The van der Waals surface area contributed by atoms with Crippen molar-refractivity contribution in [3.8, 4) is 0 Å². The van der Waals surface area contributed by atoms with E-state index in [0.717, 1.165) is 28.3 Å². The zero-order valence-corrected chi connectivity index (χ0v) is 22.7. The third-order valence-electron chi connectivity index (χ3n) is 7.20. The van der Waals surface area contributed by atoms with E-state index < -0.39 is 16.1 Å². The Hall–Kier alpha value is -3.39. The van der Waals surface area contributed by atoms with Crippen molar-refractivity contribution in [2.24, 2.45) is 0 Å². The van der Waals surface area contributed by atoms with Crippen molar-refractivity contribution in [3.63, 3.8) is 0 Å². The number of hydrogen-bond donors (Lipinski definition) is 1. The van der Waals surface area contributed by atoms with Crippen LogP contribution in [0, 0.1) is 6.92 Å². The molecule has 2 atom stereocenters. The van der Waals surface area contributed by atoms with Crippen molar-refractivity contribution < 1.29 is 18.0 Å². The van der Waals surface area contributed by atoms with Gasteiger partial charge in [-0.05, 0) is 62.3 Å². The number of carbonyl (C=O) groups excluding carboxylic acids is 2. The summed E-state index contributed by atoms with van der Waals surface area (Å²) in [6, 6.07) is 18.0. The second kappa shape index (κ2) is 10.9. The number of nitrogens with zero attached hydrogens (tertiary/aromatic N) is 2. The molecule has 0 aliphatic carbocycles. The Morgan fingerprint density at radius 1 is 1.00 bits per heavy atom. The fourth-order valence-corrected chi connectivity index (χ4v) is 6.48. The van der Waals surface area contributed by atoms with E-state index in [0.29, 0.717) is 23.5 Å². The molecule has 196 valence electrons. The average Bonchev–Trinajstić information content (AvgIpc) is 3.10. The van der Waals surface area contributed by atoms with Gasteiger partial charge in [0.15, 0.2) is 0 Å². The van der Waals surface area contributed by atoms with Gasteiger partial charge in [0.05, 0.1) is 10.6 Å². The van der Waals surface area contributed by atoms with Crippen LogP contribution in [0.1, 0.15) is 51.2 Å². The highest BCUT2D eigenvalue weighted by Gasteiger charge is 2.35. The lowest BCUT2D eigenvalue weighted by Crippen LogP contribution is -2.49. The number of hydrogen-bond acceptors (Lipinski definition) is 4. The maximum atomic E-state index is 13.5. The summed E-state index contributed by atoms with van der Waals surface area (Å²) in [6.45, 7) is 8.17. The molecule has 37 heavy (non-hydrogen) atoms. The number of rotatable bonds is 10. The molecule has 0 unspecified atom stereocenters. The lowest BCUT2D eigenvalue weighted by atomic mass is 10.1. The summed E-state index contributed by atoms with van der Waals surface area (Å²) in [5.74, 6) is -0.372. The van der Waals surface area contributed by atoms with E-state index in [1.54, 1.807) is 24.0 Å². The molecule has 1 aliphatic rings. The van der Waals surface area contributed by atoms with Crippen LogP contribution in [-0.4, -0.2) is 43.8 Å². The molecule has 1 N–H and O–H groups in total. The van der Waals surface area contributed by atoms with E-state index in [4.69, 9.17) is 0 Å². The lowest BCUT2D eigenvalue weighted by Gasteiger charge is -2.30. The minimum absolute atomic E-state index is 0.00933. The molecule has 1 heterocycles. The van der Waals surface area contributed by atoms with Gasteiger partial charge < -0.3 is 10.2 Å². The second-order valence-corrected chi connectivity index (χ2v) is 11.6. The molecule has 0 saturated heterocycles. The number of sulfonamides is 1. The summed E-state index contributed by atoms with van der Waals surface area (Å²) < 4.78 is 27.9. The van der Waals surface area contributed by atoms with Crippen molar-refractivity contribution >= 4 is 38.3 Å². The zero-order chi connectivity index (χ0) is 26.7. The predicted octanol–water partition coefficient (Wildman–Crippen LogP) is 4.77. The number of benzene rings is 3. The van der Waals surface area contributed by atoms with Crippen molar-refractivity contribution in [1.82, 2.24) is 10.2 Å². The minimum atomic E-state index is -3.67. The Kier molecular flexibility index (Phi) is 7.87. The molecule has 7 nitrogen and oxygen atoms in total. The van der Waals surface area contributed by atoms with E-state index in [2.05, 4.69) is 5.32 Å². The summed E-state index contributed by atoms with van der Waals surface area (Å²) >= 11 is 0. The average molecular weight is 522 g/mol. The number of aryl methyl sites for hydroxylation is 1. The summed E-state index contributed by atoms with van der Waals surface area (Å²) in [6.07, 6.45) is 1.27. The fraction of sp³-hybridized carbons (Fsp3) is 0.379. The third kappa shape index (κ3) is 5.34. The minimum Gasteiger partial charge on any atom is -0.352 e. The van der Waals surface area contributed by atoms with Crippen LogP contribution in [-0.2, 0) is 26.2 Å². The Bertz CT molecular complexity index is 1410. The number of carbonyl (C=O) groups is 2. The van der Waals surface area contributed by atoms with E-state index in [1.165, 1.54) is 4.31 Å². The Morgan fingerprint density at radius 2 is 1.70 bits per heavy atom. The van der Waals surface area contributed by atoms with Gasteiger partial charge in [-0.25, -0.2) is 8.42 Å². The zero-order valence-electron chi connectivity index (χ0n) is 21.9. The SMILES string of the molecule is CC[C@H](C)NC(=O)[C@H](C)N(Cc1ccccc1C)C(=O)CCCN1c2cccc3cccc(c23)S1(=O)=O. The van der Waals surface area contributed by atoms with Crippen molar-refractivity contribution in [3.05, 3.63) is 71.8 Å². The predicted molar refractivity (Wildman–Crippen MR) is 147 cm³/mol. The van der Waals surface area contributed by atoms with Crippen molar-refractivity contribution in [1.29, 1.82) is 0 Å². The molecule has 4 rings (SSSR count). The highest BCUT2D eigenvalue weighted by atomic mass is 32.2. The van der Waals surface area contributed by atoms with Crippen LogP contribution in [0.4, 0.5) is 5.69 Å². The van der Waals surface area contributed by atoms with Gasteiger partial charge in [-0.15, -0.1) is 0 Å². The first kappa shape index (κ1) is 26.7. The molecule has 2 amide bonds. The topological polar surface area (TPSA) is 86.8 Å². The molecule has 0 fully saturated rings. The third-order valence-corrected chi connectivity index (χ3v) is 9.06. The van der Waals surface area contributed by atoms with Gasteiger partial charge in [0.2, 0.25) is 11.8 Å². The Labute approximate surface area is 219 Å². The monoisotopic (exact) mass is 521 g/mol. The molecule has 0 bridgehead atoms. The number of amides is 2. The van der Waals surface area contributed by atoms with E-state index in [9.17, 15) is 18.0 Å². The summed E-state index contributed by atoms with van der Waals surface area (Å²) in [4.78, 5) is 28.3. The maximum absolute atomic E-state index is 13.5. The van der Waals surface area contributed by atoms with Crippen LogP contribution in [0.2, 0.25) is 0 Å². The van der Waals surface area contributed by atoms with Gasteiger partial charge in [-0.2, -0.15) is 0 Å². The molecule has 3 aromatic carbocycles. The smallest absolute Gasteiger partial charge is 0.265 e. The molecular weight excluding hydrogens is 486 g/mol. The van der Waals surface area contributed by atoms with E-state index in [1.807, 2.05) is 69.3 Å². The first-order valence-corrected chi connectivity index (χ1v) is 14.3.